The maximum absolute atomic E-state index is 11.9. The molecule has 3 nitrogen and oxygen atoms in total. The van der Waals surface area contributed by atoms with Crippen LogP contribution in [0, 0.1) is 0 Å². The monoisotopic (exact) mass is 250 g/mol. The lowest BCUT2D eigenvalue weighted by Gasteiger charge is -2.23. The Morgan fingerprint density at radius 3 is 2.61 bits per heavy atom. The summed E-state index contributed by atoms with van der Waals surface area (Å²) in [6.07, 6.45) is 0.964. The third kappa shape index (κ3) is 3.49. The molecule has 0 atom stereocenters. The van der Waals surface area contributed by atoms with Gasteiger partial charge in [-0.15, -0.1) is 0 Å². The van der Waals surface area contributed by atoms with Crippen molar-refractivity contribution < 1.29 is 14.3 Å². The number of carbonyl (C=O) groups is 1. The third-order valence-electron chi connectivity index (χ3n) is 2.81. The molecule has 0 amide bonds. The zero-order valence-corrected chi connectivity index (χ0v) is 11.7. The van der Waals surface area contributed by atoms with Gasteiger partial charge in [0.25, 0.3) is 0 Å². The van der Waals surface area contributed by atoms with E-state index in [0.717, 1.165) is 17.7 Å². The van der Waals surface area contributed by atoms with Crippen LogP contribution >= 0.6 is 0 Å². The van der Waals surface area contributed by atoms with E-state index < -0.39 is 5.41 Å². The van der Waals surface area contributed by atoms with Crippen LogP contribution in [-0.4, -0.2) is 19.2 Å². The maximum Gasteiger partial charge on any atom is 0.315 e. The molecular weight excluding hydrogens is 228 g/mol. The lowest BCUT2D eigenvalue weighted by molar-refractivity contribution is -0.148. The minimum absolute atomic E-state index is 0.211. The van der Waals surface area contributed by atoms with E-state index in [1.54, 1.807) is 0 Å². The molecule has 0 unspecified atom stereocenters. The average molecular weight is 250 g/mol. The Bertz CT molecular complexity index is 396. The number of rotatable bonds is 6. The van der Waals surface area contributed by atoms with Gasteiger partial charge in [0, 0.05) is 0 Å². The van der Waals surface area contributed by atoms with Gasteiger partial charge in [-0.05, 0) is 44.9 Å². The molecule has 1 aromatic rings. The normalized spacial score (nSPS) is 11.1. The molecule has 0 heterocycles. The first kappa shape index (κ1) is 14.6. The van der Waals surface area contributed by atoms with E-state index >= 15 is 0 Å². The molecule has 18 heavy (non-hydrogen) atoms. The first-order valence-electron chi connectivity index (χ1n) is 6.43. The van der Waals surface area contributed by atoms with Crippen LogP contribution in [0.1, 0.15) is 39.7 Å². The van der Waals surface area contributed by atoms with Crippen LogP contribution in [0.5, 0.6) is 5.75 Å². The largest absolute Gasteiger partial charge is 0.494 e. The van der Waals surface area contributed by atoms with Gasteiger partial charge in [-0.1, -0.05) is 19.1 Å². The molecule has 0 bridgehead atoms. The van der Waals surface area contributed by atoms with Crippen LogP contribution in [0.4, 0.5) is 0 Å². The number of carbonyl (C=O) groups excluding carboxylic acids is 1. The Morgan fingerprint density at radius 2 is 2.00 bits per heavy atom. The standard InChI is InChI=1S/C15H22O3/c1-5-10-18-13-9-7-8-12(11-13)15(3,4)14(16)17-6-2/h7-9,11H,5-6,10H2,1-4H3. The number of hydrogen-bond donors (Lipinski definition) is 0. The predicted octanol–water partition coefficient (Wildman–Crippen LogP) is 3.32. The highest BCUT2D eigenvalue weighted by Crippen LogP contribution is 2.27. The second-order valence-electron chi connectivity index (χ2n) is 4.72. The van der Waals surface area contributed by atoms with Crippen molar-refractivity contribution in [3.63, 3.8) is 0 Å². The van der Waals surface area contributed by atoms with Gasteiger partial charge >= 0.3 is 5.97 Å². The molecule has 0 aliphatic carbocycles. The zero-order valence-electron chi connectivity index (χ0n) is 11.7. The highest BCUT2D eigenvalue weighted by Gasteiger charge is 2.31. The maximum atomic E-state index is 11.9. The fourth-order valence-corrected chi connectivity index (χ4v) is 1.62. The molecule has 1 aromatic carbocycles. The molecule has 100 valence electrons. The van der Waals surface area contributed by atoms with Crippen LogP contribution in [0.25, 0.3) is 0 Å². The Labute approximate surface area is 109 Å². The Balaban J connectivity index is 2.90. The minimum atomic E-state index is -0.651. The van der Waals surface area contributed by atoms with Crippen LogP contribution in [-0.2, 0) is 14.9 Å². The van der Waals surface area contributed by atoms with Gasteiger partial charge < -0.3 is 9.47 Å². The summed E-state index contributed by atoms with van der Waals surface area (Å²) >= 11 is 0. The van der Waals surface area contributed by atoms with Crippen molar-refractivity contribution >= 4 is 5.97 Å². The van der Waals surface area contributed by atoms with Gasteiger partial charge in [0.05, 0.1) is 18.6 Å². The molecule has 0 fully saturated rings. The first-order valence-corrected chi connectivity index (χ1v) is 6.43. The number of hydrogen-bond acceptors (Lipinski definition) is 3. The molecule has 0 radical (unpaired) electrons. The summed E-state index contributed by atoms with van der Waals surface area (Å²) in [4.78, 5) is 11.9. The van der Waals surface area contributed by atoms with Crippen LogP contribution in [0.3, 0.4) is 0 Å². The summed E-state index contributed by atoms with van der Waals surface area (Å²) in [5.41, 5.74) is 0.260. The summed E-state index contributed by atoms with van der Waals surface area (Å²) in [6.45, 7) is 8.69. The quantitative estimate of drug-likeness (QED) is 0.727. The van der Waals surface area contributed by atoms with Crippen molar-refractivity contribution in [2.75, 3.05) is 13.2 Å². The predicted molar refractivity (Wildman–Crippen MR) is 71.9 cm³/mol. The van der Waals surface area contributed by atoms with E-state index in [2.05, 4.69) is 6.92 Å². The van der Waals surface area contributed by atoms with Gasteiger partial charge in [0.15, 0.2) is 0 Å². The van der Waals surface area contributed by atoms with Crippen LogP contribution < -0.4 is 4.74 Å². The molecule has 0 aromatic heterocycles. The van der Waals surface area contributed by atoms with Gasteiger partial charge in [0.1, 0.15) is 5.75 Å². The number of esters is 1. The van der Waals surface area contributed by atoms with Gasteiger partial charge in [-0.2, -0.15) is 0 Å². The molecule has 0 aliphatic rings. The van der Waals surface area contributed by atoms with E-state index in [1.807, 2.05) is 45.0 Å². The number of ether oxygens (including phenoxy) is 2. The van der Waals surface area contributed by atoms with Crippen LogP contribution in [0.15, 0.2) is 24.3 Å². The lowest BCUT2D eigenvalue weighted by atomic mass is 9.84. The van der Waals surface area contributed by atoms with Gasteiger partial charge in [-0.3, -0.25) is 4.79 Å². The molecule has 0 N–H and O–H groups in total. The first-order chi connectivity index (χ1) is 8.52. The topological polar surface area (TPSA) is 35.5 Å². The number of benzene rings is 1. The Hall–Kier alpha value is -1.51. The summed E-state index contributed by atoms with van der Waals surface area (Å²) in [5, 5.41) is 0. The van der Waals surface area contributed by atoms with Gasteiger partial charge in [-0.25, -0.2) is 0 Å². The second kappa shape index (κ2) is 6.43. The van der Waals surface area contributed by atoms with Crippen LogP contribution in [0.2, 0.25) is 0 Å². The molecular formula is C15H22O3. The summed E-state index contributed by atoms with van der Waals surface area (Å²) in [6, 6.07) is 7.64. The van der Waals surface area contributed by atoms with E-state index in [1.165, 1.54) is 0 Å². The molecule has 3 heteroatoms. The molecule has 1 rings (SSSR count). The van der Waals surface area contributed by atoms with Crippen molar-refractivity contribution in [1.29, 1.82) is 0 Å². The van der Waals surface area contributed by atoms with Crippen molar-refractivity contribution in [2.45, 2.75) is 39.5 Å². The Kier molecular flexibility index (Phi) is 5.20. The van der Waals surface area contributed by atoms with Crippen molar-refractivity contribution in [1.82, 2.24) is 0 Å². The highest BCUT2D eigenvalue weighted by atomic mass is 16.5. The summed E-state index contributed by atoms with van der Waals surface area (Å²) in [7, 11) is 0. The minimum Gasteiger partial charge on any atom is -0.494 e. The Morgan fingerprint density at radius 1 is 1.28 bits per heavy atom. The summed E-state index contributed by atoms with van der Waals surface area (Å²) in [5.74, 6) is 0.587. The van der Waals surface area contributed by atoms with E-state index in [0.29, 0.717) is 13.2 Å². The fourth-order valence-electron chi connectivity index (χ4n) is 1.62. The molecule has 0 saturated carbocycles. The SMILES string of the molecule is CCCOc1cccc(C(C)(C)C(=O)OCC)c1. The third-order valence-corrected chi connectivity index (χ3v) is 2.81. The zero-order chi connectivity index (χ0) is 13.6. The second-order valence-corrected chi connectivity index (χ2v) is 4.72. The summed E-state index contributed by atoms with van der Waals surface area (Å²) < 4.78 is 10.7. The molecule has 0 spiro atoms. The van der Waals surface area contributed by atoms with E-state index in [-0.39, 0.29) is 5.97 Å². The van der Waals surface area contributed by atoms with Crippen molar-refractivity contribution in [3.8, 4) is 5.75 Å². The van der Waals surface area contributed by atoms with Crippen molar-refractivity contribution in [3.05, 3.63) is 29.8 Å². The van der Waals surface area contributed by atoms with E-state index in [4.69, 9.17) is 9.47 Å². The highest BCUT2D eigenvalue weighted by molar-refractivity contribution is 5.82. The van der Waals surface area contributed by atoms with Gasteiger partial charge in [0.2, 0.25) is 0 Å². The average Bonchev–Trinajstić information content (AvgIpc) is 2.37. The van der Waals surface area contributed by atoms with E-state index in [9.17, 15) is 4.79 Å². The molecule has 0 aliphatic heterocycles. The smallest absolute Gasteiger partial charge is 0.315 e. The molecule has 0 saturated heterocycles. The van der Waals surface area contributed by atoms with Crippen molar-refractivity contribution in [2.24, 2.45) is 0 Å². The lowest BCUT2D eigenvalue weighted by Crippen LogP contribution is -2.31. The fraction of sp³-hybridized carbons (Fsp3) is 0.533.